The van der Waals surface area contributed by atoms with E-state index in [1.165, 1.54) is 12.8 Å². The summed E-state index contributed by atoms with van der Waals surface area (Å²) in [5.74, 6) is 0. The van der Waals surface area contributed by atoms with Crippen molar-refractivity contribution in [2.45, 2.75) is 71.7 Å². The van der Waals surface area contributed by atoms with E-state index in [1.807, 2.05) is 0 Å². The summed E-state index contributed by atoms with van der Waals surface area (Å²) in [5, 5.41) is 3.61. The average Bonchev–Trinajstić information content (AvgIpc) is 2.34. The van der Waals surface area contributed by atoms with E-state index in [1.54, 1.807) is 0 Å². The van der Waals surface area contributed by atoms with E-state index >= 15 is 0 Å². The molecule has 17 heavy (non-hydrogen) atoms. The molecule has 0 aromatic heterocycles. The summed E-state index contributed by atoms with van der Waals surface area (Å²) in [6, 6.07) is 1.72. The van der Waals surface area contributed by atoms with E-state index in [0.717, 1.165) is 19.7 Å². The maximum atomic E-state index is 5.76. The highest BCUT2D eigenvalue weighted by atomic mass is 16.5. The first-order valence-electron chi connectivity index (χ1n) is 7.20. The van der Waals surface area contributed by atoms with Crippen molar-refractivity contribution in [2.75, 3.05) is 19.7 Å². The van der Waals surface area contributed by atoms with E-state index in [0.29, 0.717) is 24.2 Å². The molecule has 0 amide bonds. The van der Waals surface area contributed by atoms with Crippen LogP contribution in [0.3, 0.4) is 0 Å². The number of nitrogens with zero attached hydrogens (tertiary/aromatic N) is 1. The number of hydrogen-bond acceptors (Lipinski definition) is 3. The van der Waals surface area contributed by atoms with Crippen molar-refractivity contribution < 1.29 is 4.74 Å². The Bertz CT molecular complexity index is 210. The van der Waals surface area contributed by atoms with Gasteiger partial charge in [-0.1, -0.05) is 13.8 Å². The predicted octanol–water partition coefficient (Wildman–Crippen LogP) is 2.26. The zero-order chi connectivity index (χ0) is 12.8. The van der Waals surface area contributed by atoms with Gasteiger partial charge in [0.1, 0.15) is 0 Å². The summed E-state index contributed by atoms with van der Waals surface area (Å²) in [6.07, 6.45) is 2.75. The Morgan fingerprint density at radius 2 is 2.06 bits per heavy atom. The van der Waals surface area contributed by atoms with Crippen LogP contribution in [0.4, 0.5) is 0 Å². The zero-order valence-corrected chi connectivity index (χ0v) is 12.2. The molecule has 0 aromatic rings. The predicted molar refractivity (Wildman–Crippen MR) is 73.4 cm³/mol. The molecule has 0 bridgehead atoms. The first kappa shape index (κ1) is 14.9. The topological polar surface area (TPSA) is 24.5 Å². The second-order valence-electron chi connectivity index (χ2n) is 5.39. The molecular weight excluding hydrogens is 212 g/mol. The summed E-state index contributed by atoms with van der Waals surface area (Å²) in [5.41, 5.74) is 0. The molecule has 0 saturated carbocycles. The van der Waals surface area contributed by atoms with Crippen LogP contribution >= 0.6 is 0 Å². The van der Waals surface area contributed by atoms with Gasteiger partial charge in [0.2, 0.25) is 0 Å². The molecule has 1 heterocycles. The number of hydrogen-bond donors (Lipinski definition) is 1. The fourth-order valence-corrected chi connectivity index (χ4v) is 2.55. The maximum Gasteiger partial charge on any atom is 0.0674 e. The molecule has 102 valence electrons. The molecule has 4 atom stereocenters. The van der Waals surface area contributed by atoms with Gasteiger partial charge in [-0.15, -0.1) is 0 Å². The summed E-state index contributed by atoms with van der Waals surface area (Å²) in [4.78, 5) is 2.63. The molecule has 1 aliphatic rings. The van der Waals surface area contributed by atoms with Crippen LogP contribution in [0.5, 0.6) is 0 Å². The molecule has 0 aliphatic carbocycles. The minimum Gasteiger partial charge on any atom is -0.376 e. The largest absolute Gasteiger partial charge is 0.376 e. The quantitative estimate of drug-likeness (QED) is 0.773. The Kier molecular flexibility index (Phi) is 6.45. The molecule has 3 heteroatoms. The van der Waals surface area contributed by atoms with Crippen LogP contribution in [0, 0.1) is 0 Å². The van der Waals surface area contributed by atoms with Gasteiger partial charge in [-0.2, -0.15) is 0 Å². The molecule has 1 rings (SSSR count). The van der Waals surface area contributed by atoms with Crippen LogP contribution < -0.4 is 5.32 Å². The van der Waals surface area contributed by atoms with Gasteiger partial charge >= 0.3 is 0 Å². The molecule has 1 saturated heterocycles. The zero-order valence-electron chi connectivity index (χ0n) is 12.2. The lowest BCUT2D eigenvalue weighted by Crippen LogP contribution is -2.57. The van der Waals surface area contributed by atoms with E-state index in [4.69, 9.17) is 4.74 Å². The van der Waals surface area contributed by atoms with Crippen molar-refractivity contribution in [2.24, 2.45) is 0 Å². The van der Waals surface area contributed by atoms with Gasteiger partial charge in [0, 0.05) is 24.7 Å². The van der Waals surface area contributed by atoms with Crippen LogP contribution in [0.25, 0.3) is 0 Å². The lowest BCUT2D eigenvalue weighted by molar-refractivity contribution is -0.0739. The van der Waals surface area contributed by atoms with Crippen molar-refractivity contribution in [3.05, 3.63) is 0 Å². The molecule has 1 N–H and O–H groups in total. The van der Waals surface area contributed by atoms with Gasteiger partial charge in [0.15, 0.2) is 0 Å². The molecule has 4 unspecified atom stereocenters. The standard InChI is InChI=1S/C14H30N2O/c1-6-8-15-12(4)13(5)16-9-11(3)17-10-14(16)7-2/h11-15H,6-10H2,1-5H3. The van der Waals surface area contributed by atoms with Crippen LogP contribution in [0.1, 0.15) is 47.5 Å². The van der Waals surface area contributed by atoms with E-state index in [-0.39, 0.29) is 0 Å². The fraction of sp³-hybridized carbons (Fsp3) is 1.00. The third kappa shape index (κ3) is 4.23. The lowest BCUT2D eigenvalue weighted by atomic mass is 10.0. The third-order valence-corrected chi connectivity index (χ3v) is 3.94. The number of nitrogens with one attached hydrogen (secondary N) is 1. The Hall–Kier alpha value is -0.120. The number of rotatable bonds is 6. The summed E-state index contributed by atoms with van der Waals surface area (Å²) in [7, 11) is 0. The molecule has 0 spiro atoms. The SMILES string of the molecule is CCCNC(C)C(C)N1CC(C)OCC1CC. The van der Waals surface area contributed by atoms with Gasteiger partial charge in [0.05, 0.1) is 12.7 Å². The fourth-order valence-electron chi connectivity index (χ4n) is 2.55. The molecular formula is C14H30N2O. The monoisotopic (exact) mass is 242 g/mol. The lowest BCUT2D eigenvalue weighted by Gasteiger charge is -2.44. The molecule has 0 radical (unpaired) electrons. The Labute approximate surface area is 107 Å². The minimum absolute atomic E-state index is 0.374. The maximum absolute atomic E-state index is 5.76. The van der Waals surface area contributed by atoms with Crippen LogP contribution in [-0.4, -0.2) is 48.8 Å². The first-order chi connectivity index (χ1) is 8.10. The number of morpholine rings is 1. The van der Waals surface area contributed by atoms with Crippen molar-refractivity contribution in [1.82, 2.24) is 10.2 Å². The molecule has 0 aromatic carbocycles. The highest BCUT2D eigenvalue weighted by molar-refractivity contribution is 4.86. The second kappa shape index (κ2) is 7.34. The average molecular weight is 242 g/mol. The van der Waals surface area contributed by atoms with Gasteiger partial charge in [-0.05, 0) is 40.2 Å². The summed E-state index contributed by atoms with van der Waals surface area (Å²) in [6.45, 7) is 14.4. The number of ether oxygens (including phenoxy) is 1. The molecule has 1 fully saturated rings. The van der Waals surface area contributed by atoms with Crippen LogP contribution in [0.2, 0.25) is 0 Å². The van der Waals surface area contributed by atoms with Gasteiger partial charge in [0.25, 0.3) is 0 Å². The van der Waals surface area contributed by atoms with Crippen molar-refractivity contribution in [3.8, 4) is 0 Å². The van der Waals surface area contributed by atoms with Crippen molar-refractivity contribution in [3.63, 3.8) is 0 Å². The van der Waals surface area contributed by atoms with Gasteiger partial charge in [-0.3, -0.25) is 4.90 Å². The Balaban J connectivity index is 2.53. The van der Waals surface area contributed by atoms with Crippen LogP contribution in [-0.2, 0) is 4.74 Å². The van der Waals surface area contributed by atoms with Crippen molar-refractivity contribution in [1.29, 1.82) is 0 Å². The van der Waals surface area contributed by atoms with Gasteiger partial charge < -0.3 is 10.1 Å². The first-order valence-corrected chi connectivity index (χ1v) is 7.20. The van der Waals surface area contributed by atoms with E-state index < -0.39 is 0 Å². The molecule has 1 aliphatic heterocycles. The second-order valence-corrected chi connectivity index (χ2v) is 5.39. The third-order valence-electron chi connectivity index (χ3n) is 3.94. The highest BCUT2D eigenvalue weighted by Gasteiger charge is 2.31. The van der Waals surface area contributed by atoms with Gasteiger partial charge in [-0.25, -0.2) is 0 Å². The highest BCUT2D eigenvalue weighted by Crippen LogP contribution is 2.19. The van der Waals surface area contributed by atoms with E-state index in [9.17, 15) is 0 Å². The Morgan fingerprint density at radius 3 is 2.65 bits per heavy atom. The smallest absolute Gasteiger partial charge is 0.0674 e. The summed E-state index contributed by atoms with van der Waals surface area (Å²) < 4.78 is 5.76. The van der Waals surface area contributed by atoms with Crippen LogP contribution in [0.15, 0.2) is 0 Å². The Morgan fingerprint density at radius 1 is 1.35 bits per heavy atom. The minimum atomic E-state index is 0.374. The summed E-state index contributed by atoms with van der Waals surface area (Å²) >= 11 is 0. The normalized spacial score (nSPS) is 30.2. The van der Waals surface area contributed by atoms with Crippen molar-refractivity contribution >= 4 is 0 Å². The van der Waals surface area contributed by atoms with E-state index in [2.05, 4.69) is 44.8 Å². The molecule has 3 nitrogen and oxygen atoms in total.